The molecule has 0 unspecified atom stereocenters. The van der Waals surface area contributed by atoms with Crippen LogP contribution in [0.2, 0.25) is 5.02 Å². The Kier molecular flexibility index (Phi) is 9.04. The van der Waals surface area contributed by atoms with E-state index in [2.05, 4.69) is 10.3 Å². The van der Waals surface area contributed by atoms with Crippen LogP contribution in [0.15, 0.2) is 23.0 Å². The van der Waals surface area contributed by atoms with Crippen LogP contribution in [0.5, 0.6) is 5.75 Å². The molecule has 1 aromatic heterocycles. The van der Waals surface area contributed by atoms with Gasteiger partial charge in [-0.05, 0) is 68.8 Å². The maximum Gasteiger partial charge on any atom is 0.312 e. The number of carbonyl (C=O) groups excluding carboxylic acids is 3. The van der Waals surface area contributed by atoms with Gasteiger partial charge in [-0.15, -0.1) is 0 Å². The van der Waals surface area contributed by atoms with Crippen molar-refractivity contribution in [1.82, 2.24) is 24.7 Å². The first-order valence-corrected chi connectivity index (χ1v) is 15.4. The first kappa shape index (κ1) is 31.9. The van der Waals surface area contributed by atoms with E-state index < -0.39 is 46.1 Å². The molecule has 0 spiro atoms. The average Bonchev–Trinajstić information content (AvgIpc) is 3.26. The number of halogens is 2. The number of hydrogen-bond acceptors (Lipinski definition) is 7. The zero-order chi connectivity index (χ0) is 31.8. The molecule has 3 aliphatic heterocycles. The lowest BCUT2D eigenvalue weighted by atomic mass is 9.65. The molecule has 6 rings (SSSR count). The van der Waals surface area contributed by atoms with E-state index in [-0.39, 0.29) is 34.9 Å². The molecule has 11 nitrogen and oxygen atoms in total. The van der Waals surface area contributed by atoms with Crippen LogP contribution in [0.4, 0.5) is 4.39 Å². The molecule has 0 atom stereocenters. The lowest BCUT2D eigenvalue weighted by molar-refractivity contribution is -0.155. The smallest absolute Gasteiger partial charge is 0.312 e. The Morgan fingerprint density at radius 3 is 2.48 bits per heavy atom. The van der Waals surface area contributed by atoms with Crippen molar-refractivity contribution in [3.05, 3.63) is 56.5 Å². The molecule has 238 valence electrons. The van der Waals surface area contributed by atoms with Crippen LogP contribution >= 0.6 is 11.6 Å². The van der Waals surface area contributed by atoms with Crippen molar-refractivity contribution in [2.24, 2.45) is 11.3 Å². The summed E-state index contributed by atoms with van der Waals surface area (Å²) in [5, 5.41) is 13.4. The van der Waals surface area contributed by atoms with Gasteiger partial charge in [-0.1, -0.05) is 23.7 Å². The highest BCUT2D eigenvalue weighted by Gasteiger charge is 2.54. The predicted octanol–water partition coefficient (Wildman–Crippen LogP) is 3.19. The van der Waals surface area contributed by atoms with Gasteiger partial charge < -0.3 is 25.0 Å². The van der Waals surface area contributed by atoms with Gasteiger partial charge in [0.25, 0.3) is 11.5 Å². The molecule has 0 radical (unpaired) electrons. The second-order valence-corrected chi connectivity index (χ2v) is 13.0. The minimum absolute atomic E-state index is 0.107. The van der Waals surface area contributed by atoms with Gasteiger partial charge in [0.05, 0.1) is 5.02 Å². The quantitative estimate of drug-likeness (QED) is 0.448. The molecule has 4 heterocycles. The van der Waals surface area contributed by atoms with Crippen molar-refractivity contribution in [1.29, 1.82) is 0 Å². The van der Waals surface area contributed by atoms with Crippen LogP contribution in [0, 0.1) is 17.2 Å². The molecule has 2 aromatic rings. The van der Waals surface area contributed by atoms with Gasteiger partial charge in [0.15, 0.2) is 5.69 Å². The van der Waals surface area contributed by atoms with Crippen LogP contribution in [-0.2, 0) is 33.0 Å². The summed E-state index contributed by atoms with van der Waals surface area (Å²) in [5.74, 6) is -3.21. The molecule has 4 aliphatic rings. The number of hydrogen-bond donors (Lipinski definition) is 2. The van der Waals surface area contributed by atoms with Crippen LogP contribution in [-0.4, -0.2) is 76.5 Å². The molecular formula is C31H39ClFN5O6. The van der Waals surface area contributed by atoms with Crippen LogP contribution < -0.4 is 10.9 Å². The summed E-state index contributed by atoms with van der Waals surface area (Å²) in [4.78, 5) is 60.5. The highest BCUT2D eigenvalue weighted by molar-refractivity contribution is 6.34. The molecule has 44 heavy (non-hydrogen) atoms. The van der Waals surface area contributed by atoms with Crippen molar-refractivity contribution >= 4 is 29.3 Å². The molecule has 1 saturated carbocycles. The number of nitrogens with zero attached hydrogens (tertiary/aromatic N) is 4. The zero-order valence-electron chi connectivity index (χ0n) is 25.3. The number of likely N-dealkylation sites (N-methyl/N-ethyl adjacent to an activating group) is 2. The third-order valence-electron chi connectivity index (χ3n) is 9.84. The normalized spacial score (nSPS) is 23.0. The Labute approximate surface area is 260 Å². The first-order valence-electron chi connectivity index (χ1n) is 15.0. The third kappa shape index (κ3) is 5.81. The number of nitrogens with one attached hydrogen (secondary N) is 1. The van der Waals surface area contributed by atoms with Gasteiger partial charge in [-0.2, -0.15) is 0 Å². The fraction of sp³-hybridized carbons (Fsp3) is 0.581. The number of carbonyl (C=O) groups is 3. The van der Waals surface area contributed by atoms with E-state index in [1.54, 1.807) is 0 Å². The van der Waals surface area contributed by atoms with E-state index in [1.165, 1.54) is 53.7 Å². The average molecular weight is 632 g/mol. The summed E-state index contributed by atoms with van der Waals surface area (Å²) in [6.07, 6.45) is 5.98. The van der Waals surface area contributed by atoms with Crippen LogP contribution in [0.25, 0.3) is 0 Å². The van der Waals surface area contributed by atoms with Gasteiger partial charge in [0.2, 0.25) is 5.75 Å². The number of ether oxygens (including phenoxy) is 1. The number of amides is 3. The minimum atomic E-state index is -1.16. The summed E-state index contributed by atoms with van der Waals surface area (Å²) in [5.41, 5.74) is -2.65. The van der Waals surface area contributed by atoms with E-state index in [0.29, 0.717) is 31.6 Å². The van der Waals surface area contributed by atoms with Gasteiger partial charge in [-0.25, -0.2) is 9.37 Å². The lowest BCUT2D eigenvalue weighted by Gasteiger charge is -2.46. The molecular weight excluding hydrogens is 593 g/mol. The monoisotopic (exact) mass is 631 g/mol. The number of benzene rings is 1. The van der Waals surface area contributed by atoms with Crippen molar-refractivity contribution in [2.45, 2.75) is 70.0 Å². The fourth-order valence-corrected chi connectivity index (χ4v) is 7.14. The Morgan fingerprint density at radius 2 is 1.82 bits per heavy atom. The topological polar surface area (TPSA) is 134 Å². The minimum Gasteiger partial charge on any atom is -0.501 e. The second kappa shape index (κ2) is 12.5. The van der Waals surface area contributed by atoms with Crippen molar-refractivity contribution in [3.63, 3.8) is 0 Å². The van der Waals surface area contributed by atoms with Gasteiger partial charge in [-0.3, -0.25) is 23.7 Å². The number of aromatic nitrogens is 2. The summed E-state index contributed by atoms with van der Waals surface area (Å²) < 4.78 is 21.4. The third-order valence-corrected chi connectivity index (χ3v) is 10.1. The Balaban J connectivity index is 1.53. The molecule has 1 aromatic carbocycles. The maximum atomic E-state index is 14.4. The van der Waals surface area contributed by atoms with E-state index in [4.69, 9.17) is 16.3 Å². The molecule has 1 saturated heterocycles. The Morgan fingerprint density at radius 1 is 1.14 bits per heavy atom. The predicted molar refractivity (Wildman–Crippen MR) is 160 cm³/mol. The number of aromatic hydroxyl groups is 1. The van der Waals surface area contributed by atoms with E-state index >= 15 is 0 Å². The van der Waals surface area contributed by atoms with E-state index in [0.717, 1.165) is 38.9 Å². The van der Waals surface area contributed by atoms with Gasteiger partial charge >= 0.3 is 11.8 Å². The number of rotatable bonds is 7. The van der Waals surface area contributed by atoms with Gasteiger partial charge in [0.1, 0.15) is 17.2 Å². The van der Waals surface area contributed by atoms with E-state index in [9.17, 15) is 28.7 Å². The molecule has 2 bridgehead atoms. The Hall–Kier alpha value is -3.51. The summed E-state index contributed by atoms with van der Waals surface area (Å²) in [6.45, 7) is 1.48. The standard InChI is InChI=1S/C31H39ClFN5O6/c1-36(2)27(42)28(43)37(3)31-13-11-30(12-14-31,10-7-19-8-15-44-16-9-19)18-38-26(41)24(39)23(35-29(31)38)25(40)34-17-20-5-4-6-21(32)22(20)33/h4-6,19,39H,7-18H2,1-3H3,(H,34,40). The highest BCUT2D eigenvalue weighted by Crippen LogP contribution is 2.54. The molecule has 1 aliphatic carbocycles. The van der Waals surface area contributed by atoms with Crippen LogP contribution in [0.3, 0.4) is 0 Å². The van der Waals surface area contributed by atoms with Crippen LogP contribution in [0.1, 0.15) is 73.2 Å². The lowest BCUT2D eigenvalue weighted by Crippen LogP contribution is -2.54. The maximum absolute atomic E-state index is 14.4. The molecule has 2 N–H and O–H groups in total. The van der Waals surface area contributed by atoms with Crippen molar-refractivity contribution < 1.29 is 28.6 Å². The fourth-order valence-electron chi connectivity index (χ4n) is 6.95. The summed E-state index contributed by atoms with van der Waals surface area (Å²) in [6, 6.07) is 4.38. The van der Waals surface area contributed by atoms with Crippen molar-refractivity contribution in [3.8, 4) is 5.75 Å². The van der Waals surface area contributed by atoms with Crippen molar-refractivity contribution in [2.75, 3.05) is 34.4 Å². The molecule has 2 fully saturated rings. The first-order chi connectivity index (χ1) is 20.9. The number of fused-ring (bicyclic) bond motifs is 2. The Bertz CT molecular complexity index is 1510. The SMILES string of the molecule is CN(C)C(=O)C(=O)N(C)C12CCC(CCC3CCOCC3)(CC1)Cn1c2nc(C(=O)NCc2cccc(Cl)c2F)c(O)c1=O. The van der Waals surface area contributed by atoms with Gasteiger partial charge in [0, 0.05) is 53.0 Å². The largest absolute Gasteiger partial charge is 0.501 e. The second-order valence-electron chi connectivity index (χ2n) is 12.6. The van der Waals surface area contributed by atoms with E-state index in [1.807, 2.05) is 0 Å². The highest BCUT2D eigenvalue weighted by atomic mass is 35.5. The summed E-state index contributed by atoms with van der Waals surface area (Å²) >= 11 is 5.86. The zero-order valence-corrected chi connectivity index (χ0v) is 26.1. The summed E-state index contributed by atoms with van der Waals surface area (Å²) in [7, 11) is 4.50. The molecule has 13 heteroatoms. The molecule has 3 amide bonds.